The monoisotopic (exact) mass is 336 g/mol. The van der Waals surface area contributed by atoms with Crippen LogP contribution in [0.15, 0.2) is 47.4 Å². The Labute approximate surface area is 134 Å². The molecule has 0 heterocycles. The minimum absolute atomic E-state index is 0.106. The molecular formula is C16H17FN2O3S. The van der Waals surface area contributed by atoms with Crippen LogP contribution in [-0.4, -0.2) is 33.3 Å². The summed E-state index contributed by atoms with van der Waals surface area (Å²) in [6.07, 6.45) is 0. The van der Waals surface area contributed by atoms with Crippen molar-refractivity contribution >= 4 is 21.6 Å². The van der Waals surface area contributed by atoms with E-state index >= 15 is 0 Å². The van der Waals surface area contributed by atoms with Crippen molar-refractivity contribution in [3.05, 3.63) is 59.4 Å². The average molecular weight is 336 g/mol. The Hall–Kier alpha value is -2.41. The molecule has 122 valence electrons. The van der Waals surface area contributed by atoms with Gasteiger partial charge in [0.15, 0.2) is 0 Å². The fourth-order valence-corrected chi connectivity index (χ4v) is 3.07. The number of aryl methyl sites for hydroxylation is 1. The number of nitrogens with zero attached hydrogens (tertiary/aromatic N) is 1. The second kappa shape index (κ2) is 6.37. The van der Waals surface area contributed by atoms with Gasteiger partial charge in [-0.2, -0.15) is 0 Å². The van der Waals surface area contributed by atoms with Gasteiger partial charge in [-0.05, 0) is 42.8 Å². The molecule has 23 heavy (non-hydrogen) atoms. The Balaban J connectivity index is 2.36. The van der Waals surface area contributed by atoms with Crippen molar-refractivity contribution in [3.8, 4) is 0 Å². The number of nitrogens with one attached hydrogen (secondary N) is 1. The summed E-state index contributed by atoms with van der Waals surface area (Å²) < 4.78 is 40.8. The van der Waals surface area contributed by atoms with E-state index in [9.17, 15) is 17.6 Å². The second-order valence-electron chi connectivity index (χ2n) is 5.32. The molecule has 5 nitrogen and oxygen atoms in total. The maximum Gasteiger partial charge on any atom is 0.262 e. The number of hydrogen-bond acceptors (Lipinski definition) is 3. The Morgan fingerprint density at radius 3 is 2.43 bits per heavy atom. The number of amides is 1. The van der Waals surface area contributed by atoms with E-state index in [0.717, 1.165) is 0 Å². The Morgan fingerprint density at radius 2 is 1.83 bits per heavy atom. The maximum absolute atomic E-state index is 13.8. The van der Waals surface area contributed by atoms with Gasteiger partial charge in [0, 0.05) is 19.7 Å². The smallest absolute Gasteiger partial charge is 0.262 e. The van der Waals surface area contributed by atoms with Gasteiger partial charge in [-0.25, -0.2) is 12.8 Å². The van der Waals surface area contributed by atoms with E-state index in [1.54, 1.807) is 27.1 Å². The van der Waals surface area contributed by atoms with Crippen LogP contribution in [0.4, 0.5) is 10.1 Å². The van der Waals surface area contributed by atoms with Crippen LogP contribution in [0.2, 0.25) is 0 Å². The summed E-state index contributed by atoms with van der Waals surface area (Å²) in [5.41, 5.74) is 0.784. The second-order valence-corrected chi connectivity index (χ2v) is 7.00. The molecule has 0 unspecified atom stereocenters. The van der Waals surface area contributed by atoms with E-state index in [0.29, 0.717) is 5.56 Å². The fraction of sp³-hybridized carbons (Fsp3) is 0.188. The van der Waals surface area contributed by atoms with Crippen molar-refractivity contribution in [2.75, 3.05) is 18.8 Å². The maximum atomic E-state index is 13.8. The van der Waals surface area contributed by atoms with Gasteiger partial charge in [0.25, 0.3) is 15.9 Å². The normalized spacial score (nSPS) is 11.1. The summed E-state index contributed by atoms with van der Waals surface area (Å²) in [6, 6.07) is 9.80. The molecular weight excluding hydrogens is 319 g/mol. The molecule has 0 aromatic heterocycles. The molecule has 2 aromatic rings. The lowest BCUT2D eigenvalue weighted by Gasteiger charge is -2.12. The predicted molar refractivity (Wildman–Crippen MR) is 86.4 cm³/mol. The molecule has 0 saturated heterocycles. The van der Waals surface area contributed by atoms with Crippen molar-refractivity contribution in [1.82, 2.24) is 4.90 Å². The van der Waals surface area contributed by atoms with Gasteiger partial charge >= 0.3 is 0 Å². The summed E-state index contributed by atoms with van der Waals surface area (Å²) in [4.78, 5) is 13.2. The van der Waals surface area contributed by atoms with Gasteiger partial charge in [-0.3, -0.25) is 9.52 Å². The third-order valence-corrected chi connectivity index (χ3v) is 4.53. The Kier molecular flexibility index (Phi) is 4.70. The fourth-order valence-electron chi connectivity index (χ4n) is 1.96. The van der Waals surface area contributed by atoms with Crippen LogP contribution in [0, 0.1) is 12.7 Å². The summed E-state index contributed by atoms with van der Waals surface area (Å²) in [5, 5.41) is 0. The third-order valence-electron chi connectivity index (χ3n) is 3.17. The molecule has 7 heteroatoms. The van der Waals surface area contributed by atoms with Crippen molar-refractivity contribution in [2.24, 2.45) is 0 Å². The van der Waals surface area contributed by atoms with Gasteiger partial charge in [0.1, 0.15) is 5.82 Å². The number of halogens is 1. The number of benzene rings is 2. The first-order valence-electron chi connectivity index (χ1n) is 6.81. The Bertz CT molecular complexity index is 848. The largest absolute Gasteiger partial charge is 0.345 e. The van der Waals surface area contributed by atoms with Crippen LogP contribution < -0.4 is 4.72 Å². The van der Waals surface area contributed by atoms with E-state index in [-0.39, 0.29) is 22.1 Å². The van der Waals surface area contributed by atoms with Crippen LogP contribution in [0.3, 0.4) is 0 Å². The first-order valence-corrected chi connectivity index (χ1v) is 8.30. The molecule has 0 aliphatic carbocycles. The van der Waals surface area contributed by atoms with Gasteiger partial charge < -0.3 is 4.90 Å². The summed E-state index contributed by atoms with van der Waals surface area (Å²) in [5.74, 6) is -0.974. The van der Waals surface area contributed by atoms with E-state index in [1.165, 1.54) is 41.3 Å². The number of sulfonamides is 1. The minimum Gasteiger partial charge on any atom is -0.345 e. The molecule has 2 rings (SSSR count). The van der Waals surface area contributed by atoms with Crippen molar-refractivity contribution in [2.45, 2.75) is 11.8 Å². The summed E-state index contributed by atoms with van der Waals surface area (Å²) >= 11 is 0. The Morgan fingerprint density at radius 1 is 1.13 bits per heavy atom. The lowest BCUT2D eigenvalue weighted by Crippen LogP contribution is -2.22. The molecule has 0 atom stereocenters. The van der Waals surface area contributed by atoms with Gasteiger partial charge in [0.2, 0.25) is 0 Å². The summed E-state index contributed by atoms with van der Waals surface area (Å²) in [6.45, 7) is 1.71. The number of hydrogen-bond donors (Lipinski definition) is 1. The number of carbonyl (C=O) groups is 1. The van der Waals surface area contributed by atoms with Crippen LogP contribution in [-0.2, 0) is 10.0 Å². The predicted octanol–water partition coefficient (Wildman–Crippen LogP) is 2.64. The van der Waals surface area contributed by atoms with Crippen molar-refractivity contribution < 1.29 is 17.6 Å². The lowest BCUT2D eigenvalue weighted by atomic mass is 10.2. The van der Waals surface area contributed by atoms with Crippen molar-refractivity contribution in [1.29, 1.82) is 0 Å². The topological polar surface area (TPSA) is 66.5 Å². The third kappa shape index (κ3) is 3.87. The number of carbonyl (C=O) groups excluding carboxylic acids is 1. The minimum atomic E-state index is -3.99. The zero-order chi connectivity index (χ0) is 17.2. The highest BCUT2D eigenvalue weighted by atomic mass is 32.2. The van der Waals surface area contributed by atoms with Crippen LogP contribution in [0.5, 0.6) is 0 Å². The lowest BCUT2D eigenvalue weighted by molar-refractivity contribution is 0.0827. The molecule has 0 fully saturated rings. The number of anilines is 1. The first kappa shape index (κ1) is 17.0. The zero-order valence-corrected chi connectivity index (χ0v) is 13.8. The molecule has 1 amide bonds. The van der Waals surface area contributed by atoms with E-state index in [4.69, 9.17) is 0 Å². The van der Waals surface area contributed by atoms with Gasteiger partial charge in [-0.1, -0.05) is 12.1 Å². The highest BCUT2D eigenvalue weighted by molar-refractivity contribution is 7.92. The molecule has 0 aliphatic rings. The molecule has 2 aromatic carbocycles. The van der Waals surface area contributed by atoms with E-state index in [2.05, 4.69) is 4.72 Å². The quantitative estimate of drug-likeness (QED) is 0.933. The summed E-state index contributed by atoms with van der Waals surface area (Å²) in [7, 11) is -0.845. The average Bonchev–Trinajstić information content (AvgIpc) is 2.49. The molecule has 0 bridgehead atoms. The standard InChI is InChI=1S/C16H17FN2O3S/c1-11-7-8-15(14(17)9-11)18-23(21,22)13-6-4-5-12(10-13)16(20)19(2)3/h4-10,18H,1-3H3. The van der Waals surface area contributed by atoms with E-state index in [1.807, 2.05) is 0 Å². The van der Waals surface area contributed by atoms with Crippen molar-refractivity contribution in [3.63, 3.8) is 0 Å². The van der Waals surface area contributed by atoms with Gasteiger partial charge in [0.05, 0.1) is 10.6 Å². The molecule has 0 aliphatic heterocycles. The highest BCUT2D eigenvalue weighted by Gasteiger charge is 2.18. The van der Waals surface area contributed by atoms with Crippen LogP contribution >= 0.6 is 0 Å². The molecule has 0 radical (unpaired) electrons. The molecule has 0 saturated carbocycles. The van der Waals surface area contributed by atoms with E-state index < -0.39 is 15.8 Å². The van der Waals surface area contributed by atoms with Crippen LogP contribution in [0.1, 0.15) is 15.9 Å². The SMILES string of the molecule is Cc1ccc(NS(=O)(=O)c2cccc(C(=O)N(C)C)c2)c(F)c1. The first-order chi connectivity index (χ1) is 10.7. The highest BCUT2D eigenvalue weighted by Crippen LogP contribution is 2.21. The number of rotatable bonds is 4. The van der Waals surface area contributed by atoms with Gasteiger partial charge in [-0.15, -0.1) is 0 Å². The zero-order valence-electron chi connectivity index (χ0n) is 13.0. The molecule has 1 N–H and O–H groups in total. The van der Waals surface area contributed by atoms with Crippen LogP contribution in [0.25, 0.3) is 0 Å². The molecule has 0 spiro atoms.